The van der Waals surface area contributed by atoms with Gasteiger partial charge < -0.3 is 5.21 Å². The van der Waals surface area contributed by atoms with Crippen LogP contribution in [0.1, 0.15) is 48.9 Å². The summed E-state index contributed by atoms with van der Waals surface area (Å²) in [4.78, 5) is 13.7. The van der Waals surface area contributed by atoms with Crippen LogP contribution in [0.3, 0.4) is 0 Å². The van der Waals surface area contributed by atoms with Gasteiger partial charge in [0.15, 0.2) is 5.43 Å². The number of rotatable bonds is 2. The molecule has 2 aromatic carbocycles. The Morgan fingerprint density at radius 1 is 1.00 bits per heavy atom. The summed E-state index contributed by atoms with van der Waals surface area (Å²) in [5, 5.41) is 20.2. The summed E-state index contributed by atoms with van der Waals surface area (Å²) in [5.41, 5.74) is 2.89. The van der Waals surface area contributed by atoms with E-state index in [1.165, 1.54) is 6.42 Å². The molecule has 1 aliphatic carbocycles. The predicted octanol–water partition coefficient (Wildman–Crippen LogP) is 6.37. The fourth-order valence-corrected chi connectivity index (χ4v) is 5.82. The van der Waals surface area contributed by atoms with Crippen LogP contribution in [-0.4, -0.2) is 33.7 Å². The van der Waals surface area contributed by atoms with Crippen LogP contribution in [0.4, 0.5) is 0 Å². The highest BCUT2D eigenvalue weighted by atomic mass is 35.5. The highest BCUT2D eigenvalue weighted by Gasteiger charge is 2.38. The molecule has 2 atom stereocenters. The van der Waals surface area contributed by atoms with Crippen LogP contribution in [0.5, 0.6) is 0 Å². The fourth-order valence-electron chi connectivity index (χ4n) is 5.10. The van der Waals surface area contributed by atoms with Crippen LogP contribution >= 0.6 is 34.8 Å². The molecule has 1 fully saturated rings. The van der Waals surface area contributed by atoms with E-state index in [-0.39, 0.29) is 17.3 Å². The van der Waals surface area contributed by atoms with Gasteiger partial charge >= 0.3 is 0 Å². The number of halogens is 3. The average Bonchev–Trinajstić information content (AvgIpc) is 2.80. The first-order valence-corrected chi connectivity index (χ1v) is 12.3. The molecule has 172 valence electrons. The van der Waals surface area contributed by atoms with Gasteiger partial charge in [0.1, 0.15) is 0 Å². The topological polar surface area (TPSA) is 57.8 Å². The first-order chi connectivity index (χ1) is 15.8. The van der Waals surface area contributed by atoms with Crippen LogP contribution in [-0.2, 0) is 6.42 Å². The number of hydrogen-bond acceptors (Lipinski definition) is 4. The molecule has 0 radical (unpaired) electrons. The van der Waals surface area contributed by atoms with E-state index in [9.17, 15) is 10.0 Å². The molecule has 1 saturated heterocycles. The second-order valence-corrected chi connectivity index (χ2v) is 10.2. The molecule has 1 aromatic heterocycles. The van der Waals surface area contributed by atoms with Gasteiger partial charge in [0.25, 0.3) is 0 Å². The molecule has 0 spiro atoms. The van der Waals surface area contributed by atoms with Crippen molar-refractivity contribution in [1.29, 1.82) is 0 Å². The molecule has 3 aromatic rings. The van der Waals surface area contributed by atoms with Gasteiger partial charge in [-0.2, -0.15) is 9.83 Å². The minimum atomic E-state index is -0.156. The molecule has 2 aliphatic rings. The zero-order valence-electron chi connectivity index (χ0n) is 18.2. The molecule has 1 aliphatic heterocycles. The van der Waals surface area contributed by atoms with E-state index in [0.29, 0.717) is 49.4 Å². The minimum Gasteiger partial charge on any atom is -0.428 e. The molecule has 0 bridgehead atoms. The van der Waals surface area contributed by atoms with Crippen molar-refractivity contribution in [2.75, 3.05) is 13.1 Å². The van der Waals surface area contributed by atoms with Gasteiger partial charge in [-0.25, -0.2) is 0 Å². The van der Waals surface area contributed by atoms with E-state index in [1.54, 1.807) is 24.3 Å². The SMILES string of the molecule is CC1/C(=N\N2CCCCC2)c2c(n(O)c3ccc(Cl)cc3c2=O)CC1c1ccc(Cl)cc1Cl. The summed E-state index contributed by atoms with van der Waals surface area (Å²) >= 11 is 18.9. The Morgan fingerprint density at radius 3 is 2.42 bits per heavy atom. The molecular weight excluding hydrogens is 481 g/mol. The second kappa shape index (κ2) is 8.86. The van der Waals surface area contributed by atoms with Crippen LogP contribution in [0, 0.1) is 5.92 Å². The Morgan fingerprint density at radius 2 is 1.70 bits per heavy atom. The summed E-state index contributed by atoms with van der Waals surface area (Å²) in [6, 6.07) is 10.4. The van der Waals surface area contributed by atoms with Crippen LogP contribution < -0.4 is 5.43 Å². The lowest BCUT2D eigenvalue weighted by molar-refractivity contribution is 0.184. The maximum absolute atomic E-state index is 13.7. The number of fused-ring (bicyclic) bond motifs is 2. The number of hydrazone groups is 1. The van der Waals surface area contributed by atoms with Crippen molar-refractivity contribution in [1.82, 2.24) is 9.74 Å². The molecule has 8 heteroatoms. The molecular formula is C25H24Cl3N3O2. The van der Waals surface area contributed by atoms with Crippen molar-refractivity contribution in [3.8, 4) is 0 Å². The van der Waals surface area contributed by atoms with E-state index in [1.807, 2.05) is 17.1 Å². The summed E-state index contributed by atoms with van der Waals surface area (Å²) in [6.45, 7) is 3.78. The molecule has 33 heavy (non-hydrogen) atoms. The monoisotopic (exact) mass is 503 g/mol. The Bertz CT molecular complexity index is 1330. The number of hydrogen-bond donors (Lipinski definition) is 1. The first-order valence-electron chi connectivity index (χ1n) is 11.2. The zero-order valence-corrected chi connectivity index (χ0v) is 20.5. The van der Waals surface area contributed by atoms with E-state index < -0.39 is 0 Å². The molecule has 2 unspecified atom stereocenters. The summed E-state index contributed by atoms with van der Waals surface area (Å²) in [7, 11) is 0. The highest BCUT2D eigenvalue weighted by molar-refractivity contribution is 6.35. The van der Waals surface area contributed by atoms with Gasteiger partial charge in [-0.3, -0.25) is 9.80 Å². The van der Waals surface area contributed by atoms with Crippen molar-refractivity contribution in [2.45, 2.75) is 38.5 Å². The summed E-state index contributed by atoms with van der Waals surface area (Å²) in [5.74, 6) is -0.171. The normalized spacial score (nSPS) is 22.1. The highest BCUT2D eigenvalue weighted by Crippen LogP contribution is 2.41. The van der Waals surface area contributed by atoms with Gasteiger partial charge in [-0.05, 0) is 67.5 Å². The van der Waals surface area contributed by atoms with E-state index in [4.69, 9.17) is 39.9 Å². The van der Waals surface area contributed by atoms with Crippen molar-refractivity contribution < 1.29 is 5.21 Å². The number of pyridine rings is 1. The van der Waals surface area contributed by atoms with E-state index in [0.717, 1.165) is 36.2 Å². The standard InChI is InChI=1S/C25H24Cl3N3O2/c1-14-18(17-7-5-16(27)12-20(17)28)13-22-23(24(14)29-30-9-3-2-4-10-30)25(32)19-11-15(26)6-8-21(19)31(22)33/h5-8,11-12,14,18,33H,2-4,9-10,13H2,1H3/b29-24+. The van der Waals surface area contributed by atoms with Crippen LogP contribution in [0.15, 0.2) is 46.3 Å². The van der Waals surface area contributed by atoms with Gasteiger partial charge in [0.2, 0.25) is 0 Å². The molecule has 0 saturated carbocycles. The molecule has 2 heterocycles. The Balaban J connectivity index is 1.76. The zero-order chi connectivity index (χ0) is 23.3. The van der Waals surface area contributed by atoms with Crippen molar-refractivity contribution >= 4 is 51.4 Å². The third-order valence-electron chi connectivity index (χ3n) is 6.85. The maximum atomic E-state index is 13.7. The number of piperidine rings is 1. The quantitative estimate of drug-likeness (QED) is 0.413. The van der Waals surface area contributed by atoms with Crippen molar-refractivity contribution in [3.05, 3.63) is 78.5 Å². The largest absolute Gasteiger partial charge is 0.428 e. The molecule has 5 rings (SSSR count). The molecule has 0 amide bonds. The third kappa shape index (κ3) is 4.01. The first kappa shape index (κ1) is 22.6. The number of aromatic nitrogens is 1. The second-order valence-electron chi connectivity index (χ2n) is 8.89. The minimum absolute atomic E-state index is 0.0756. The Labute approximate surface area is 207 Å². The fraction of sp³-hybridized carbons (Fsp3) is 0.360. The van der Waals surface area contributed by atoms with E-state index >= 15 is 0 Å². The van der Waals surface area contributed by atoms with Crippen molar-refractivity contribution in [3.63, 3.8) is 0 Å². The summed E-state index contributed by atoms with van der Waals surface area (Å²) in [6.07, 6.45) is 3.77. The van der Waals surface area contributed by atoms with Gasteiger partial charge in [0, 0.05) is 34.1 Å². The lowest BCUT2D eigenvalue weighted by atomic mass is 9.73. The van der Waals surface area contributed by atoms with Gasteiger partial charge in [-0.1, -0.05) is 47.8 Å². The Kier molecular flexibility index (Phi) is 6.06. The number of nitrogens with zero attached hydrogens (tertiary/aromatic N) is 3. The maximum Gasteiger partial charge on any atom is 0.199 e. The smallest absolute Gasteiger partial charge is 0.199 e. The molecule has 5 nitrogen and oxygen atoms in total. The van der Waals surface area contributed by atoms with Gasteiger partial charge in [0.05, 0.1) is 27.9 Å². The van der Waals surface area contributed by atoms with Crippen molar-refractivity contribution in [2.24, 2.45) is 11.0 Å². The average molecular weight is 505 g/mol. The van der Waals surface area contributed by atoms with Crippen LogP contribution in [0.25, 0.3) is 10.9 Å². The lowest BCUT2D eigenvalue weighted by Crippen LogP contribution is -2.38. The lowest BCUT2D eigenvalue weighted by Gasteiger charge is -2.35. The van der Waals surface area contributed by atoms with Gasteiger partial charge in [-0.15, -0.1) is 0 Å². The number of benzene rings is 2. The van der Waals surface area contributed by atoms with E-state index in [2.05, 4.69) is 6.92 Å². The Hall–Kier alpha value is -2.21. The third-order valence-corrected chi connectivity index (χ3v) is 7.65. The predicted molar refractivity (Wildman–Crippen MR) is 134 cm³/mol. The summed E-state index contributed by atoms with van der Waals surface area (Å²) < 4.78 is 1.12. The van der Waals surface area contributed by atoms with Crippen LogP contribution in [0.2, 0.25) is 15.1 Å². The molecule has 1 N–H and O–H groups in total.